The van der Waals surface area contributed by atoms with Gasteiger partial charge in [-0.2, -0.15) is 0 Å². The van der Waals surface area contributed by atoms with E-state index in [2.05, 4.69) is 6.58 Å². The molecule has 2 unspecified atom stereocenters. The van der Waals surface area contributed by atoms with Crippen LogP contribution in [-0.4, -0.2) is 53.1 Å². The Bertz CT molecular complexity index is 184. The molecular formula is C9H16O5. The Morgan fingerprint density at radius 3 is 2.79 bits per heavy atom. The van der Waals surface area contributed by atoms with Crippen molar-refractivity contribution >= 4 is 0 Å². The smallest absolute Gasteiger partial charge is 0.161 e. The van der Waals surface area contributed by atoms with Crippen molar-refractivity contribution in [1.82, 2.24) is 0 Å². The van der Waals surface area contributed by atoms with Crippen LogP contribution >= 0.6 is 0 Å². The van der Waals surface area contributed by atoms with E-state index < -0.39 is 24.6 Å². The van der Waals surface area contributed by atoms with Crippen LogP contribution < -0.4 is 0 Å². The minimum absolute atomic E-state index is 0.200. The Morgan fingerprint density at radius 1 is 1.50 bits per heavy atom. The molecular weight excluding hydrogens is 188 g/mol. The average molecular weight is 204 g/mol. The van der Waals surface area contributed by atoms with Gasteiger partial charge in [0, 0.05) is 6.42 Å². The molecule has 0 aromatic heterocycles. The van der Waals surface area contributed by atoms with Crippen LogP contribution in [0.3, 0.4) is 0 Å². The lowest BCUT2D eigenvalue weighted by molar-refractivity contribution is -0.253. The molecule has 0 aliphatic carbocycles. The van der Waals surface area contributed by atoms with Crippen LogP contribution in [0.15, 0.2) is 12.7 Å². The van der Waals surface area contributed by atoms with Gasteiger partial charge in [0.15, 0.2) is 6.29 Å². The minimum Gasteiger partial charge on any atom is -0.394 e. The second kappa shape index (κ2) is 5.43. The summed E-state index contributed by atoms with van der Waals surface area (Å²) in [5.41, 5.74) is 0. The third-order valence-corrected chi connectivity index (χ3v) is 2.12. The maximum atomic E-state index is 9.40. The molecule has 0 amide bonds. The summed E-state index contributed by atoms with van der Waals surface area (Å²) in [6.45, 7) is 3.45. The minimum atomic E-state index is -1.05. The Kier molecular flexibility index (Phi) is 4.50. The SMILES string of the molecule is C=CCO[C@@H]1CC(O)[C@H](O)C(CO)O1. The first kappa shape index (κ1) is 11.6. The summed E-state index contributed by atoms with van der Waals surface area (Å²) in [6.07, 6.45) is -1.59. The zero-order chi connectivity index (χ0) is 10.6. The largest absolute Gasteiger partial charge is 0.394 e. The van der Waals surface area contributed by atoms with Gasteiger partial charge in [0.25, 0.3) is 0 Å². The number of hydrogen-bond acceptors (Lipinski definition) is 5. The molecule has 5 nitrogen and oxygen atoms in total. The molecule has 1 aliphatic rings. The highest BCUT2D eigenvalue weighted by atomic mass is 16.7. The lowest BCUT2D eigenvalue weighted by atomic mass is 10.0. The molecule has 82 valence electrons. The third-order valence-electron chi connectivity index (χ3n) is 2.12. The molecule has 0 spiro atoms. The molecule has 3 N–H and O–H groups in total. The van der Waals surface area contributed by atoms with Crippen molar-refractivity contribution < 1.29 is 24.8 Å². The van der Waals surface area contributed by atoms with E-state index in [0.717, 1.165) is 0 Å². The fourth-order valence-corrected chi connectivity index (χ4v) is 1.35. The van der Waals surface area contributed by atoms with E-state index in [1.165, 1.54) is 0 Å². The molecule has 1 heterocycles. The highest BCUT2D eigenvalue weighted by molar-refractivity contribution is 4.82. The van der Waals surface area contributed by atoms with E-state index in [1.807, 2.05) is 0 Å². The molecule has 1 aliphatic heterocycles. The highest BCUT2D eigenvalue weighted by Gasteiger charge is 2.36. The first-order valence-electron chi connectivity index (χ1n) is 4.54. The van der Waals surface area contributed by atoms with Gasteiger partial charge in [-0.1, -0.05) is 6.08 Å². The van der Waals surface area contributed by atoms with E-state index in [1.54, 1.807) is 6.08 Å². The first-order chi connectivity index (χ1) is 6.69. The normalized spacial score (nSPS) is 38.2. The lowest BCUT2D eigenvalue weighted by Gasteiger charge is -2.35. The Morgan fingerprint density at radius 2 is 2.21 bits per heavy atom. The molecule has 4 atom stereocenters. The van der Waals surface area contributed by atoms with Crippen molar-refractivity contribution in [2.24, 2.45) is 0 Å². The molecule has 0 aromatic rings. The number of hydrogen-bond donors (Lipinski definition) is 3. The standard InChI is InChI=1S/C9H16O5/c1-2-3-13-8-4-6(11)9(12)7(5-10)14-8/h2,6-12H,1,3-5H2/t6?,7?,8-,9-/m0/s1. The van der Waals surface area contributed by atoms with Crippen LogP contribution in [0.5, 0.6) is 0 Å². The maximum absolute atomic E-state index is 9.40. The lowest BCUT2D eigenvalue weighted by Crippen LogP contribution is -2.50. The summed E-state index contributed by atoms with van der Waals surface area (Å²) in [4.78, 5) is 0. The Balaban J connectivity index is 2.45. The molecule has 0 aromatic carbocycles. The van der Waals surface area contributed by atoms with Gasteiger partial charge in [0.05, 0.1) is 19.3 Å². The molecule has 0 saturated carbocycles. The van der Waals surface area contributed by atoms with Crippen LogP contribution in [-0.2, 0) is 9.47 Å². The molecule has 1 rings (SSSR count). The number of aliphatic hydroxyl groups is 3. The zero-order valence-corrected chi connectivity index (χ0v) is 7.87. The maximum Gasteiger partial charge on any atom is 0.161 e. The molecule has 1 saturated heterocycles. The van der Waals surface area contributed by atoms with Crippen molar-refractivity contribution in [2.75, 3.05) is 13.2 Å². The Labute approximate surface area is 82.6 Å². The monoisotopic (exact) mass is 204 g/mol. The number of aliphatic hydroxyl groups excluding tert-OH is 3. The van der Waals surface area contributed by atoms with Crippen LogP contribution in [0, 0.1) is 0 Å². The molecule has 0 radical (unpaired) electrons. The van der Waals surface area contributed by atoms with E-state index in [4.69, 9.17) is 14.6 Å². The van der Waals surface area contributed by atoms with E-state index in [9.17, 15) is 10.2 Å². The van der Waals surface area contributed by atoms with Crippen molar-refractivity contribution in [3.8, 4) is 0 Å². The van der Waals surface area contributed by atoms with Crippen molar-refractivity contribution in [3.63, 3.8) is 0 Å². The van der Waals surface area contributed by atoms with Gasteiger partial charge in [-0.05, 0) is 0 Å². The van der Waals surface area contributed by atoms with Gasteiger partial charge in [-0.3, -0.25) is 0 Å². The second-order valence-corrected chi connectivity index (χ2v) is 3.20. The predicted molar refractivity (Wildman–Crippen MR) is 48.5 cm³/mol. The van der Waals surface area contributed by atoms with Crippen LogP contribution in [0.1, 0.15) is 6.42 Å². The fraction of sp³-hybridized carbons (Fsp3) is 0.778. The topological polar surface area (TPSA) is 79.2 Å². The summed E-state index contributed by atoms with van der Waals surface area (Å²) in [6, 6.07) is 0. The van der Waals surface area contributed by atoms with Gasteiger partial charge in [0.1, 0.15) is 12.2 Å². The third kappa shape index (κ3) is 2.76. The molecule has 1 fully saturated rings. The van der Waals surface area contributed by atoms with E-state index >= 15 is 0 Å². The van der Waals surface area contributed by atoms with Crippen molar-refractivity contribution in [2.45, 2.75) is 31.0 Å². The van der Waals surface area contributed by atoms with Gasteiger partial charge in [0.2, 0.25) is 0 Å². The van der Waals surface area contributed by atoms with Crippen LogP contribution in [0.2, 0.25) is 0 Å². The van der Waals surface area contributed by atoms with Crippen molar-refractivity contribution in [1.29, 1.82) is 0 Å². The number of ether oxygens (including phenoxy) is 2. The van der Waals surface area contributed by atoms with Gasteiger partial charge < -0.3 is 24.8 Å². The van der Waals surface area contributed by atoms with Crippen molar-refractivity contribution in [3.05, 3.63) is 12.7 Å². The molecule has 0 bridgehead atoms. The fourth-order valence-electron chi connectivity index (χ4n) is 1.35. The van der Waals surface area contributed by atoms with Gasteiger partial charge in [-0.15, -0.1) is 6.58 Å². The Hall–Kier alpha value is -0.460. The second-order valence-electron chi connectivity index (χ2n) is 3.20. The summed E-state index contributed by atoms with van der Waals surface area (Å²) in [7, 11) is 0. The van der Waals surface area contributed by atoms with Crippen LogP contribution in [0.4, 0.5) is 0 Å². The first-order valence-corrected chi connectivity index (χ1v) is 4.54. The predicted octanol–water partition coefficient (Wildman–Crippen LogP) is -0.982. The van der Waals surface area contributed by atoms with E-state index in [-0.39, 0.29) is 13.0 Å². The van der Waals surface area contributed by atoms with E-state index in [0.29, 0.717) is 6.61 Å². The summed E-state index contributed by atoms with van der Waals surface area (Å²) in [5, 5.41) is 27.6. The summed E-state index contributed by atoms with van der Waals surface area (Å²) < 4.78 is 10.4. The quantitative estimate of drug-likeness (QED) is 0.513. The van der Waals surface area contributed by atoms with Gasteiger partial charge >= 0.3 is 0 Å². The average Bonchev–Trinajstić information content (AvgIpc) is 2.19. The molecule has 14 heavy (non-hydrogen) atoms. The molecule has 5 heteroatoms. The van der Waals surface area contributed by atoms with Crippen LogP contribution in [0.25, 0.3) is 0 Å². The zero-order valence-electron chi connectivity index (χ0n) is 7.87. The summed E-state index contributed by atoms with van der Waals surface area (Å²) in [5.74, 6) is 0. The number of rotatable bonds is 4. The summed E-state index contributed by atoms with van der Waals surface area (Å²) >= 11 is 0. The van der Waals surface area contributed by atoms with Gasteiger partial charge in [-0.25, -0.2) is 0 Å². The highest BCUT2D eigenvalue weighted by Crippen LogP contribution is 2.20.